The molecule has 0 unspecified atom stereocenters. The number of amides is 2. The second kappa shape index (κ2) is 8.58. The number of carbonyl (C=O) groups excluding carboxylic acids is 2. The molecule has 0 aliphatic carbocycles. The van der Waals surface area contributed by atoms with Crippen molar-refractivity contribution in [1.29, 1.82) is 0 Å². The van der Waals surface area contributed by atoms with Gasteiger partial charge in [0.2, 0.25) is 0 Å². The number of hydrogen-bond donors (Lipinski definition) is 3. The predicted molar refractivity (Wildman–Crippen MR) is 108 cm³/mol. The second-order valence-corrected chi connectivity index (χ2v) is 7.09. The predicted octanol–water partition coefficient (Wildman–Crippen LogP) is 2.77. The molecule has 0 saturated carbocycles. The third kappa shape index (κ3) is 5.23. The molecule has 0 bridgehead atoms. The van der Waals surface area contributed by atoms with Gasteiger partial charge in [-0.1, -0.05) is 19.1 Å². The van der Waals surface area contributed by atoms with Gasteiger partial charge in [0.25, 0.3) is 0 Å². The Labute approximate surface area is 159 Å². The van der Waals surface area contributed by atoms with Crippen molar-refractivity contribution in [3.63, 3.8) is 0 Å². The fourth-order valence-electron chi connectivity index (χ4n) is 3.16. The molecule has 1 fully saturated rings. The van der Waals surface area contributed by atoms with Gasteiger partial charge in [-0.25, -0.2) is 0 Å². The van der Waals surface area contributed by atoms with E-state index in [2.05, 4.69) is 46.7 Å². The molecule has 0 atom stereocenters. The van der Waals surface area contributed by atoms with E-state index in [-0.39, 0.29) is 6.54 Å². The van der Waals surface area contributed by atoms with Gasteiger partial charge in [-0.2, -0.15) is 0 Å². The zero-order valence-corrected chi connectivity index (χ0v) is 15.6. The molecule has 4 N–H and O–H groups in total. The smallest absolute Gasteiger partial charge is 0.309 e. The summed E-state index contributed by atoms with van der Waals surface area (Å²) < 4.78 is 0. The van der Waals surface area contributed by atoms with Crippen molar-refractivity contribution in [2.45, 2.75) is 26.3 Å². The van der Waals surface area contributed by atoms with E-state index >= 15 is 0 Å². The van der Waals surface area contributed by atoms with E-state index in [1.54, 1.807) is 0 Å². The third-order valence-electron chi connectivity index (χ3n) is 4.94. The van der Waals surface area contributed by atoms with Crippen molar-refractivity contribution in [3.8, 4) is 0 Å². The maximum atomic E-state index is 11.2. The Bertz CT molecular complexity index is 779. The van der Waals surface area contributed by atoms with Gasteiger partial charge in [-0.15, -0.1) is 0 Å². The van der Waals surface area contributed by atoms with Gasteiger partial charge in [0.1, 0.15) is 0 Å². The Hall–Kier alpha value is -3.02. The number of primary amides is 1. The number of nitrogens with two attached hydrogens (primary N) is 1. The van der Waals surface area contributed by atoms with E-state index in [4.69, 9.17) is 5.73 Å². The lowest BCUT2D eigenvalue weighted by Gasteiger charge is -2.32. The zero-order valence-electron chi connectivity index (χ0n) is 15.6. The second-order valence-electron chi connectivity index (χ2n) is 7.09. The molecule has 6 nitrogen and oxygen atoms in total. The first-order valence-electron chi connectivity index (χ1n) is 9.30. The topological polar surface area (TPSA) is 87.5 Å². The van der Waals surface area contributed by atoms with E-state index in [0.717, 1.165) is 35.9 Å². The summed E-state index contributed by atoms with van der Waals surface area (Å²) in [4.78, 5) is 24.3. The lowest BCUT2D eigenvalue weighted by molar-refractivity contribution is -0.137. The summed E-state index contributed by atoms with van der Waals surface area (Å²) in [5.41, 5.74) is 9.06. The molecule has 1 aliphatic rings. The number of nitrogens with zero attached hydrogens (tertiary/aromatic N) is 1. The first kappa shape index (κ1) is 18.8. The highest BCUT2D eigenvalue weighted by Gasteiger charge is 2.15. The quantitative estimate of drug-likeness (QED) is 0.710. The molecule has 27 heavy (non-hydrogen) atoms. The summed E-state index contributed by atoms with van der Waals surface area (Å²) in [6.07, 6.45) is 2.51. The number of piperidine rings is 1. The first-order valence-corrected chi connectivity index (χ1v) is 9.30. The molecule has 6 heteroatoms. The van der Waals surface area contributed by atoms with Crippen molar-refractivity contribution in [2.75, 3.05) is 23.3 Å². The van der Waals surface area contributed by atoms with Crippen molar-refractivity contribution >= 4 is 28.9 Å². The van der Waals surface area contributed by atoms with Crippen LogP contribution >= 0.6 is 0 Å². The SMILES string of the molecule is CC1CCN(c2ccc(Nc3ccc(CNC(=O)C(N)=O)cc3)cc2)CC1. The summed E-state index contributed by atoms with van der Waals surface area (Å²) in [6.45, 7) is 4.84. The minimum absolute atomic E-state index is 0.269. The summed E-state index contributed by atoms with van der Waals surface area (Å²) >= 11 is 0. The molecule has 1 aliphatic heterocycles. The van der Waals surface area contributed by atoms with E-state index in [1.165, 1.54) is 18.5 Å². The lowest BCUT2D eigenvalue weighted by atomic mass is 9.99. The fourth-order valence-corrected chi connectivity index (χ4v) is 3.16. The summed E-state index contributed by atoms with van der Waals surface area (Å²) in [5.74, 6) is -0.925. The van der Waals surface area contributed by atoms with Crippen molar-refractivity contribution in [1.82, 2.24) is 5.32 Å². The minimum Gasteiger partial charge on any atom is -0.372 e. The maximum absolute atomic E-state index is 11.2. The normalized spacial score (nSPS) is 14.6. The monoisotopic (exact) mass is 366 g/mol. The van der Waals surface area contributed by atoms with Gasteiger partial charge >= 0.3 is 11.8 Å². The Morgan fingerprint density at radius 3 is 2.11 bits per heavy atom. The first-order chi connectivity index (χ1) is 13.0. The van der Waals surface area contributed by atoms with Crippen LogP contribution in [0.2, 0.25) is 0 Å². The van der Waals surface area contributed by atoms with Crippen LogP contribution in [-0.2, 0) is 16.1 Å². The molecular formula is C21H26N4O2. The van der Waals surface area contributed by atoms with E-state index in [9.17, 15) is 9.59 Å². The number of nitrogens with one attached hydrogen (secondary N) is 2. The van der Waals surface area contributed by atoms with E-state index in [1.807, 2.05) is 24.3 Å². The highest BCUT2D eigenvalue weighted by molar-refractivity contribution is 6.34. The van der Waals surface area contributed by atoms with Crippen LogP contribution in [0.15, 0.2) is 48.5 Å². The number of benzene rings is 2. The van der Waals surface area contributed by atoms with Gasteiger partial charge in [-0.3, -0.25) is 9.59 Å². The van der Waals surface area contributed by atoms with Crippen molar-refractivity contribution in [2.24, 2.45) is 11.7 Å². The minimum atomic E-state index is -0.976. The van der Waals surface area contributed by atoms with Crippen LogP contribution in [0.1, 0.15) is 25.3 Å². The number of hydrogen-bond acceptors (Lipinski definition) is 4. The van der Waals surface area contributed by atoms with Gasteiger partial charge < -0.3 is 21.3 Å². The Morgan fingerprint density at radius 2 is 1.56 bits per heavy atom. The highest BCUT2D eigenvalue weighted by atomic mass is 16.2. The lowest BCUT2D eigenvalue weighted by Crippen LogP contribution is -2.35. The Morgan fingerprint density at radius 1 is 1.00 bits per heavy atom. The average molecular weight is 366 g/mol. The molecule has 0 spiro atoms. The zero-order chi connectivity index (χ0) is 19.2. The molecule has 2 aromatic rings. The number of carbonyl (C=O) groups is 2. The largest absolute Gasteiger partial charge is 0.372 e. The molecule has 2 aromatic carbocycles. The standard InChI is InChI=1S/C21H26N4O2/c1-15-10-12-25(13-11-15)19-8-6-18(7-9-19)24-17-4-2-16(3-5-17)14-23-21(27)20(22)26/h2-9,15,24H,10-14H2,1H3,(H2,22,26)(H,23,27). The van der Waals surface area contributed by atoms with Gasteiger partial charge in [0.15, 0.2) is 0 Å². The van der Waals surface area contributed by atoms with Crippen LogP contribution in [0.4, 0.5) is 17.1 Å². The van der Waals surface area contributed by atoms with Gasteiger partial charge in [-0.05, 0) is 60.7 Å². The van der Waals surface area contributed by atoms with Crippen LogP contribution < -0.4 is 21.3 Å². The van der Waals surface area contributed by atoms with Crippen LogP contribution in [0.3, 0.4) is 0 Å². The van der Waals surface area contributed by atoms with Crippen LogP contribution in [-0.4, -0.2) is 24.9 Å². The molecule has 142 valence electrons. The summed E-state index contributed by atoms with van der Waals surface area (Å²) in [6, 6.07) is 16.2. The van der Waals surface area contributed by atoms with Crippen LogP contribution in [0.5, 0.6) is 0 Å². The molecule has 0 radical (unpaired) electrons. The number of rotatable bonds is 5. The fraction of sp³-hybridized carbons (Fsp3) is 0.333. The molecule has 1 heterocycles. The van der Waals surface area contributed by atoms with Crippen LogP contribution in [0.25, 0.3) is 0 Å². The van der Waals surface area contributed by atoms with Crippen molar-refractivity contribution < 1.29 is 9.59 Å². The number of anilines is 3. The Balaban J connectivity index is 1.54. The molecule has 0 aromatic heterocycles. The molecule has 1 saturated heterocycles. The average Bonchev–Trinajstić information content (AvgIpc) is 2.68. The van der Waals surface area contributed by atoms with E-state index < -0.39 is 11.8 Å². The summed E-state index contributed by atoms with van der Waals surface area (Å²) in [5, 5.41) is 5.84. The molecular weight excluding hydrogens is 340 g/mol. The van der Waals surface area contributed by atoms with Gasteiger partial charge in [0.05, 0.1) is 0 Å². The Kier molecular flexibility index (Phi) is 5.96. The summed E-state index contributed by atoms with van der Waals surface area (Å²) in [7, 11) is 0. The highest BCUT2D eigenvalue weighted by Crippen LogP contribution is 2.25. The van der Waals surface area contributed by atoms with Crippen LogP contribution in [0, 0.1) is 5.92 Å². The van der Waals surface area contributed by atoms with E-state index in [0.29, 0.717) is 0 Å². The molecule has 2 amide bonds. The van der Waals surface area contributed by atoms with Crippen molar-refractivity contribution in [3.05, 3.63) is 54.1 Å². The van der Waals surface area contributed by atoms with Gasteiger partial charge in [0, 0.05) is 36.7 Å². The maximum Gasteiger partial charge on any atom is 0.309 e. The molecule has 3 rings (SSSR count). The third-order valence-corrected chi connectivity index (χ3v) is 4.94.